The van der Waals surface area contributed by atoms with Crippen LogP contribution in [0, 0.1) is 13.8 Å². The third kappa shape index (κ3) is 4.36. The van der Waals surface area contributed by atoms with Crippen molar-refractivity contribution in [2.24, 2.45) is 0 Å². The standard InChI is InChI=1S/C25H22BrN3O/c1-17-24(18(2)29(28-17)16-19-8-14-23(26)15-9-19)27-25(30)22-12-10-21(11-13-22)20-6-4-3-5-7-20/h3-15H,16H2,1-2H3,(H,27,30). The van der Waals surface area contributed by atoms with E-state index in [0.717, 1.165) is 38.2 Å². The minimum atomic E-state index is -0.135. The number of nitrogens with zero attached hydrogens (tertiary/aromatic N) is 2. The van der Waals surface area contributed by atoms with Crippen LogP contribution in [0.25, 0.3) is 11.1 Å². The lowest BCUT2D eigenvalue weighted by Crippen LogP contribution is -2.13. The van der Waals surface area contributed by atoms with Gasteiger partial charge < -0.3 is 5.32 Å². The van der Waals surface area contributed by atoms with Gasteiger partial charge in [-0.1, -0.05) is 70.5 Å². The maximum absolute atomic E-state index is 12.8. The molecule has 0 spiro atoms. The van der Waals surface area contributed by atoms with Crippen molar-refractivity contribution in [3.8, 4) is 11.1 Å². The minimum absolute atomic E-state index is 0.135. The van der Waals surface area contributed by atoms with Crippen LogP contribution in [0.15, 0.2) is 83.3 Å². The van der Waals surface area contributed by atoms with Crippen LogP contribution in [0.3, 0.4) is 0 Å². The number of aryl methyl sites for hydroxylation is 1. The molecule has 1 aromatic heterocycles. The first-order chi connectivity index (χ1) is 14.5. The average molecular weight is 460 g/mol. The van der Waals surface area contributed by atoms with Gasteiger partial charge in [0.2, 0.25) is 0 Å². The van der Waals surface area contributed by atoms with Crippen LogP contribution in [0.4, 0.5) is 5.69 Å². The van der Waals surface area contributed by atoms with E-state index in [-0.39, 0.29) is 5.91 Å². The lowest BCUT2D eigenvalue weighted by molar-refractivity contribution is 0.102. The minimum Gasteiger partial charge on any atom is -0.319 e. The van der Waals surface area contributed by atoms with Crippen LogP contribution < -0.4 is 5.32 Å². The van der Waals surface area contributed by atoms with E-state index in [1.54, 1.807) is 0 Å². The number of carbonyl (C=O) groups is 1. The lowest BCUT2D eigenvalue weighted by Gasteiger charge is -2.08. The quantitative estimate of drug-likeness (QED) is 0.384. The summed E-state index contributed by atoms with van der Waals surface area (Å²) in [5.74, 6) is -0.135. The zero-order valence-corrected chi connectivity index (χ0v) is 18.5. The van der Waals surface area contributed by atoms with Crippen LogP contribution in [0.2, 0.25) is 0 Å². The highest BCUT2D eigenvalue weighted by Crippen LogP contribution is 2.23. The van der Waals surface area contributed by atoms with Crippen LogP contribution in [0.1, 0.15) is 27.3 Å². The number of anilines is 1. The molecule has 0 saturated carbocycles. The molecule has 0 aliphatic carbocycles. The number of rotatable bonds is 5. The van der Waals surface area contributed by atoms with E-state index in [0.29, 0.717) is 12.1 Å². The predicted molar refractivity (Wildman–Crippen MR) is 125 cm³/mol. The summed E-state index contributed by atoms with van der Waals surface area (Å²) in [5, 5.41) is 7.66. The molecule has 5 heteroatoms. The van der Waals surface area contributed by atoms with Crippen LogP contribution in [0.5, 0.6) is 0 Å². The normalized spacial score (nSPS) is 10.8. The monoisotopic (exact) mass is 459 g/mol. The van der Waals surface area contributed by atoms with Gasteiger partial charge in [0.25, 0.3) is 5.91 Å². The molecule has 0 saturated heterocycles. The van der Waals surface area contributed by atoms with Gasteiger partial charge in [-0.25, -0.2) is 0 Å². The summed E-state index contributed by atoms with van der Waals surface area (Å²) < 4.78 is 2.97. The molecule has 3 aromatic carbocycles. The van der Waals surface area contributed by atoms with Crippen molar-refractivity contribution in [1.29, 1.82) is 0 Å². The topological polar surface area (TPSA) is 46.9 Å². The fraction of sp³-hybridized carbons (Fsp3) is 0.120. The molecule has 1 heterocycles. The summed E-state index contributed by atoms with van der Waals surface area (Å²) in [5.41, 5.74) is 6.49. The number of aromatic nitrogens is 2. The fourth-order valence-electron chi connectivity index (χ4n) is 3.42. The number of hydrogen-bond donors (Lipinski definition) is 1. The van der Waals surface area contributed by atoms with Gasteiger partial charge in [0.1, 0.15) is 0 Å². The van der Waals surface area contributed by atoms with Gasteiger partial charge >= 0.3 is 0 Å². The van der Waals surface area contributed by atoms with Crippen molar-refractivity contribution < 1.29 is 4.79 Å². The molecule has 1 N–H and O–H groups in total. The second-order valence-electron chi connectivity index (χ2n) is 7.23. The molecule has 1 amide bonds. The molecule has 0 aliphatic heterocycles. The largest absolute Gasteiger partial charge is 0.319 e. The third-order valence-corrected chi connectivity index (χ3v) is 5.65. The van der Waals surface area contributed by atoms with Gasteiger partial charge in [0.05, 0.1) is 23.6 Å². The molecule has 0 aliphatic rings. The molecular formula is C25H22BrN3O. The first-order valence-corrected chi connectivity index (χ1v) is 10.6. The smallest absolute Gasteiger partial charge is 0.255 e. The second kappa shape index (κ2) is 8.67. The average Bonchev–Trinajstić information content (AvgIpc) is 3.03. The number of nitrogens with one attached hydrogen (secondary N) is 1. The first-order valence-electron chi connectivity index (χ1n) is 9.76. The molecular weight excluding hydrogens is 438 g/mol. The molecule has 0 unspecified atom stereocenters. The van der Waals surface area contributed by atoms with E-state index in [2.05, 4.69) is 50.6 Å². The Morgan fingerprint density at radius 3 is 2.20 bits per heavy atom. The molecule has 30 heavy (non-hydrogen) atoms. The number of halogens is 1. The molecule has 4 rings (SSSR count). The Kier molecular flexibility index (Phi) is 5.81. The summed E-state index contributed by atoms with van der Waals surface area (Å²) in [6.07, 6.45) is 0. The van der Waals surface area contributed by atoms with E-state index in [1.165, 1.54) is 0 Å². The van der Waals surface area contributed by atoms with Crippen molar-refractivity contribution >= 4 is 27.5 Å². The molecule has 0 bridgehead atoms. The number of benzene rings is 3. The van der Waals surface area contributed by atoms with Crippen LogP contribution in [-0.4, -0.2) is 15.7 Å². The van der Waals surface area contributed by atoms with Gasteiger partial charge in [-0.05, 0) is 54.8 Å². The maximum atomic E-state index is 12.8. The first kappa shape index (κ1) is 20.1. The highest BCUT2D eigenvalue weighted by molar-refractivity contribution is 9.10. The second-order valence-corrected chi connectivity index (χ2v) is 8.14. The zero-order valence-electron chi connectivity index (χ0n) is 16.9. The van der Waals surface area contributed by atoms with Gasteiger partial charge in [0, 0.05) is 10.0 Å². The fourth-order valence-corrected chi connectivity index (χ4v) is 3.69. The predicted octanol–water partition coefficient (Wildman–Crippen LogP) is 6.23. The Bertz CT molecular complexity index is 1160. The highest BCUT2D eigenvalue weighted by atomic mass is 79.9. The molecule has 0 atom stereocenters. The van der Waals surface area contributed by atoms with E-state index in [9.17, 15) is 4.79 Å². The van der Waals surface area contributed by atoms with E-state index < -0.39 is 0 Å². The zero-order chi connectivity index (χ0) is 21.1. The molecule has 4 nitrogen and oxygen atoms in total. The van der Waals surface area contributed by atoms with Gasteiger partial charge in [0.15, 0.2) is 0 Å². The summed E-state index contributed by atoms with van der Waals surface area (Å²) in [6, 6.07) is 25.9. The summed E-state index contributed by atoms with van der Waals surface area (Å²) in [4.78, 5) is 12.8. The summed E-state index contributed by atoms with van der Waals surface area (Å²) in [7, 11) is 0. The number of hydrogen-bond acceptors (Lipinski definition) is 2. The molecule has 4 aromatic rings. The maximum Gasteiger partial charge on any atom is 0.255 e. The Hall–Kier alpha value is -3.18. The SMILES string of the molecule is Cc1nn(Cc2ccc(Br)cc2)c(C)c1NC(=O)c1ccc(-c2ccccc2)cc1. The van der Waals surface area contributed by atoms with E-state index in [1.807, 2.05) is 73.1 Å². The van der Waals surface area contributed by atoms with Gasteiger partial charge in [-0.15, -0.1) is 0 Å². The van der Waals surface area contributed by atoms with Gasteiger partial charge in [-0.2, -0.15) is 5.10 Å². The van der Waals surface area contributed by atoms with Crippen LogP contribution in [-0.2, 0) is 6.54 Å². The lowest BCUT2D eigenvalue weighted by atomic mass is 10.0. The number of amides is 1. The molecule has 150 valence electrons. The van der Waals surface area contributed by atoms with Crippen molar-refractivity contribution in [2.45, 2.75) is 20.4 Å². The highest BCUT2D eigenvalue weighted by Gasteiger charge is 2.15. The summed E-state index contributed by atoms with van der Waals surface area (Å²) >= 11 is 3.46. The number of carbonyl (C=O) groups excluding carboxylic acids is 1. The Labute approximate surface area is 184 Å². The Balaban J connectivity index is 1.50. The van der Waals surface area contributed by atoms with Crippen molar-refractivity contribution in [3.63, 3.8) is 0 Å². The Morgan fingerprint density at radius 2 is 1.53 bits per heavy atom. The molecule has 0 radical (unpaired) electrons. The van der Waals surface area contributed by atoms with Crippen molar-refractivity contribution in [1.82, 2.24) is 9.78 Å². The van der Waals surface area contributed by atoms with Crippen molar-refractivity contribution in [2.75, 3.05) is 5.32 Å². The third-order valence-electron chi connectivity index (χ3n) is 5.12. The van der Waals surface area contributed by atoms with Gasteiger partial charge in [-0.3, -0.25) is 9.48 Å². The Morgan fingerprint density at radius 1 is 0.900 bits per heavy atom. The van der Waals surface area contributed by atoms with E-state index >= 15 is 0 Å². The van der Waals surface area contributed by atoms with Crippen LogP contribution >= 0.6 is 15.9 Å². The van der Waals surface area contributed by atoms with E-state index in [4.69, 9.17) is 0 Å². The summed E-state index contributed by atoms with van der Waals surface area (Å²) in [6.45, 7) is 4.55. The van der Waals surface area contributed by atoms with Crippen molar-refractivity contribution in [3.05, 3.63) is 106 Å². The molecule has 0 fully saturated rings.